The Bertz CT molecular complexity index is 1040. The van der Waals surface area contributed by atoms with Crippen LogP contribution >= 0.6 is 0 Å². The minimum absolute atomic E-state index is 0.103. The Balaban J connectivity index is 2.09. The Morgan fingerprint density at radius 3 is 2.12 bits per heavy atom. The molecule has 0 amide bonds. The Morgan fingerprint density at radius 1 is 1.09 bits per heavy atom. The number of benzene rings is 1. The highest BCUT2D eigenvalue weighted by molar-refractivity contribution is 7.93. The summed E-state index contributed by atoms with van der Waals surface area (Å²) in [6.07, 6.45) is 2.31. The third-order valence-electron chi connectivity index (χ3n) is 6.00. The van der Waals surface area contributed by atoms with Gasteiger partial charge >= 0.3 is 0 Å². The predicted molar refractivity (Wildman–Crippen MR) is 130 cm³/mol. The second kappa shape index (κ2) is 9.24. The van der Waals surface area contributed by atoms with Crippen molar-refractivity contribution in [1.29, 1.82) is 0 Å². The van der Waals surface area contributed by atoms with Crippen LogP contribution in [0.25, 0.3) is 0 Å². The van der Waals surface area contributed by atoms with E-state index in [0.29, 0.717) is 24.2 Å². The first-order chi connectivity index (χ1) is 15.3. The Labute approximate surface area is 197 Å². The van der Waals surface area contributed by atoms with Crippen LogP contribution < -0.4 is 9.04 Å². The maximum absolute atomic E-state index is 13.4. The molecule has 1 fully saturated rings. The number of methoxy groups -OCH3 is 1. The Hall–Kier alpha value is -2.16. The van der Waals surface area contributed by atoms with Crippen molar-refractivity contribution in [3.05, 3.63) is 53.3 Å². The van der Waals surface area contributed by atoms with E-state index in [1.54, 1.807) is 31.6 Å². The van der Waals surface area contributed by atoms with E-state index in [0.717, 1.165) is 16.9 Å². The van der Waals surface area contributed by atoms with E-state index in [-0.39, 0.29) is 17.6 Å². The maximum atomic E-state index is 13.4. The lowest BCUT2D eigenvalue weighted by Gasteiger charge is -2.32. The lowest BCUT2D eigenvalue weighted by atomic mass is 9.77. The molecule has 1 N–H and O–H groups in total. The van der Waals surface area contributed by atoms with Crippen LogP contribution in [0, 0.1) is 0 Å². The number of sulfonamides is 1. The summed E-state index contributed by atoms with van der Waals surface area (Å²) in [5.74, 6) is 0.723. The molecule has 33 heavy (non-hydrogen) atoms. The molecule has 2 aromatic rings. The van der Waals surface area contributed by atoms with Gasteiger partial charge in [0.25, 0.3) is 0 Å². The maximum Gasteiger partial charge on any atom is 0.241 e. The van der Waals surface area contributed by atoms with E-state index < -0.39 is 21.4 Å². The third kappa shape index (κ3) is 5.18. The minimum atomic E-state index is -3.74. The minimum Gasteiger partial charge on any atom is -0.467 e. The van der Waals surface area contributed by atoms with Crippen LogP contribution in [0.1, 0.15) is 70.8 Å². The number of aliphatic hydroxyl groups is 1. The van der Waals surface area contributed by atoms with Crippen LogP contribution in [0.5, 0.6) is 5.75 Å². The summed E-state index contributed by atoms with van der Waals surface area (Å²) in [4.78, 5) is 3.97. The fourth-order valence-electron chi connectivity index (χ4n) is 4.22. The number of aromatic nitrogens is 1. The molecule has 0 radical (unpaired) electrons. The monoisotopic (exact) mass is 476 g/mol. The van der Waals surface area contributed by atoms with Gasteiger partial charge in [0.1, 0.15) is 11.0 Å². The molecule has 2 heterocycles. The Morgan fingerprint density at radius 2 is 1.64 bits per heavy atom. The number of nitrogens with zero attached hydrogens (tertiary/aromatic N) is 2. The Kier molecular flexibility index (Phi) is 7.13. The van der Waals surface area contributed by atoms with Crippen molar-refractivity contribution < 1.29 is 23.0 Å². The summed E-state index contributed by atoms with van der Waals surface area (Å²) in [7, 11) is -2.17. The summed E-state index contributed by atoms with van der Waals surface area (Å²) in [6, 6.07) is 7.11. The van der Waals surface area contributed by atoms with Gasteiger partial charge in [0.15, 0.2) is 6.79 Å². The van der Waals surface area contributed by atoms with E-state index >= 15 is 0 Å². The molecule has 0 spiro atoms. The van der Waals surface area contributed by atoms with Crippen molar-refractivity contribution in [2.24, 2.45) is 0 Å². The zero-order valence-electron chi connectivity index (χ0n) is 20.6. The highest BCUT2D eigenvalue weighted by atomic mass is 32.2. The van der Waals surface area contributed by atoms with Gasteiger partial charge < -0.3 is 14.6 Å². The molecule has 0 bridgehead atoms. The largest absolute Gasteiger partial charge is 0.467 e. The molecule has 1 aliphatic rings. The van der Waals surface area contributed by atoms with Crippen LogP contribution in [0.3, 0.4) is 0 Å². The highest BCUT2D eigenvalue weighted by Gasteiger charge is 2.44. The van der Waals surface area contributed by atoms with Gasteiger partial charge in [0.2, 0.25) is 10.0 Å². The molecule has 1 saturated heterocycles. The van der Waals surface area contributed by atoms with Crippen LogP contribution in [-0.2, 0) is 25.6 Å². The quantitative estimate of drug-likeness (QED) is 0.625. The molecule has 8 heteroatoms. The molecular weight excluding hydrogens is 440 g/mol. The SMILES string of the molecule is COCOc1c(C(C)(C)C)cc(C(O)C2CCN(c3ccncc3)S2(=O)=O)cc1C(C)(C)C. The fraction of sp³-hybridized carbons (Fsp3) is 0.560. The second-order valence-electron chi connectivity index (χ2n) is 10.6. The molecule has 2 atom stereocenters. The summed E-state index contributed by atoms with van der Waals surface area (Å²) < 4.78 is 39.3. The van der Waals surface area contributed by atoms with Crippen molar-refractivity contribution in [1.82, 2.24) is 4.98 Å². The number of hydrogen-bond donors (Lipinski definition) is 1. The first-order valence-corrected chi connectivity index (χ1v) is 12.7. The van der Waals surface area contributed by atoms with Crippen LogP contribution in [0.2, 0.25) is 0 Å². The lowest BCUT2D eigenvalue weighted by Crippen LogP contribution is -2.33. The first-order valence-electron chi connectivity index (χ1n) is 11.2. The second-order valence-corrected chi connectivity index (χ2v) is 12.7. The smallest absolute Gasteiger partial charge is 0.241 e. The zero-order valence-corrected chi connectivity index (χ0v) is 21.4. The van der Waals surface area contributed by atoms with Crippen LogP contribution in [0.4, 0.5) is 5.69 Å². The molecule has 7 nitrogen and oxygen atoms in total. The number of aliphatic hydroxyl groups excluding tert-OH is 1. The first kappa shape index (κ1) is 25.5. The molecule has 0 saturated carbocycles. The predicted octanol–water partition coefficient (Wildman–Crippen LogP) is 4.30. The van der Waals surface area contributed by atoms with E-state index in [2.05, 4.69) is 46.5 Å². The number of pyridine rings is 1. The van der Waals surface area contributed by atoms with Gasteiger partial charge in [-0.1, -0.05) is 41.5 Å². The van der Waals surface area contributed by atoms with Gasteiger partial charge in [-0.3, -0.25) is 9.29 Å². The van der Waals surface area contributed by atoms with Crippen molar-refractivity contribution in [3.8, 4) is 5.75 Å². The molecule has 0 aliphatic carbocycles. The van der Waals surface area contributed by atoms with Crippen molar-refractivity contribution in [2.75, 3.05) is 24.8 Å². The van der Waals surface area contributed by atoms with Crippen molar-refractivity contribution in [3.63, 3.8) is 0 Å². The van der Waals surface area contributed by atoms with Gasteiger partial charge in [-0.15, -0.1) is 0 Å². The van der Waals surface area contributed by atoms with Crippen LogP contribution in [-0.4, -0.2) is 44.2 Å². The highest BCUT2D eigenvalue weighted by Crippen LogP contribution is 2.44. The normalized spacial score (nSPS) is 19.5. The lowest BCUT2D eigenvalue weighted by molar-refractivity contribution is 0.0483. The molecule has 1 aliphatic heterocycles. The molecule has 2 unspecified atom stereocenters. The van der Waals surface area contributed by atoms with Gasteiger partial charge in [-0.25, -0.2) is 8.42 Å². The molecule has 182 valence electrons. The summed E-state index contributed by atoms with van der Waals surface area (Å²) in [5, 5.41) is 10.5. The van der Waals surface area contributed by atoms with E-state index in [1.165, 1.54) is 4.31 Å². The molecule has 3 rings (SSSR count). The van der Waals surface area contributed by atoms with Gasteiger partial charge in [-0.05, 0) is 47.1 Å². The van der Waals surface area contributed by atoms with E-state index in [4.69, 9.17) is 9.47 Å². The summed E-state index contributed by atoms with van der Waals surface area (Å²) >= 11 is 0. The average Bonchev–Trinajstić information content (AvgIpc) is 3.04. The van der Waals surface area contributed by atoms with E-state index in [9.17, 15) is 13.5 Å². The fourth-order valence-corrected chi connectivity index (χ4v) is 6.20. The van der Waals surface area contributed by atoms with Gasteiger partial charge in [0, 0.05) is 37.2 Å². The number of hydrogen-bond acceptors (Lipinski definition) is 6. The summed E-state index contributed by atoms with van der Waals surface area (Å²) in [5.41, 5.74) is 2.37. The molecular formula is C25H36N2O5S. The standard InChI is InChI=1S/C25H36N2O5S/c1-24(2,3)19-14-17(15-20(25(4,5)6)23(19)32-16-31-7)22(28)21-10-13-27(33(21,29)30)18-8-11-26-12-9-18/h8-9,11-12,14-15,21-22,28H,10,13,16H2,1-7H3. The number of anilines is 1. The van der Waals surface area contributed by atoms with Gasteiger partial charge in [0.05, 0.1) is 11.8 Å². The van der Waals surface area contributed by atoms with Crippen molar-refractivity contribution in [2.45, 2.75) is 70.1 Å². The average molecular weight is 477 g/mol. The van der Waals surface area contributed by atoms with E-state index in [1.807, 2.05) is 12.1 Å². The van der Waals surface area contributed by atoms with Crippen LogP contribution in [0.15, 0.2) is 36.7 Å². The zero-order chi connectivity index (χ0) is 24.6. The number of rotatable bonds is 6. The molecule has 1 aromatic heterocycles. The van der Waals surface area contributed by atoms with Crippen molar-refractivity contribution >= 4 is 15.7 Å². The van der Waals surface area contributed by atoms with Gasteiger partial charge in [-0.2, -0.15) is 0 Å². The topological polar surface area (TPSA) is 89.0 Å². The molecule has 1 aromatic carbocycles. The number of ether oxygens (including phenoxy) is 2. The third-order valence-corrected chi connectivity index (χ3v) is 8.27. The summed E-state index contributed by atoms with van der Waals surface area (Å²) in [6.45, 7) is 12.9.